The highest BCUT2D eigenvalue weighted by molar-refractivity contribution is 5.85. The Morgan fingerprint density at radius 3 is 2.26 bits per heavy atom. The van der Waals surface area contributed by atoms with Gasteiger partial charge in [0, 0.05) is 18.0 Å². The first-order valence-electron chi connectivity index (χ1n) is 8.74. The van der Waals surface area contributed by atoms with Crippen LogP contribution < -0.4 is 10.6 Å². The molecule has 3 rings (SSSR count). The monoisotopic (exact) mass is 365 g/mol. The molecule has 1 atom stereocenters. The molecule has 23 heavy (non-hydrogen) atoms. The number of rotatable bonds is 4. The lowest BCUT2D eigenvalue weighted by atomic mass is 9.80. The molecule has 3 aliphatic rings. The number of hydrogen-bond acceptors (Lipinski definition) is 3. The molecule has 1 amide bonds. The van der Waals surface area contributed by atoms with E-state index in [9.17, 15) is 4.79 Å². The summed E-state index contributed by atoms with van der Waals surface area (Å²) in [6, 6.07) is 0. The van der Waals surface area contributed by atoms with E-state index in [-0.39, 0.29) is 30.4 Å². The van der Waals surface area contributed by atoms with Crippen molar-refractivity contribution >= 4 is 30.7 Å². The van der Waals surface area contributed by atoms with Crippen LogP contribution in [0.3, 0.4) is 0 Å². The fourth-order valence-electron chi connectivity index (χ4n) is 4.56. The largest absolute Gasteiger partial charge is 0.354 e. The minimum atomic E-state index is 0. The minimum Gasteiger partial charge on any atom is -0.354 e. The predicted octanol–water partition coefficient (Wildman–Crippen LogP) is 2.60. The third-order valence-electron chi connectivity index (χ3n) is 6.43. The average molecular weight is 366 g/mol. The summed E-state index contributed by atoms with van der Waals surface area (Å²) in [5, 5.41) is 6.71. The zero-order valence-electron chi connectivity index (χ0n) is 14.5. The minimum absolute atomic E-state index is 0. The molecule has 3 fully saturated rings. The van der Waals surface area contributed by atoms with E-state index in [0.29, 0.717) is 17.2 Å². The first kappa shape index (κ1) is 21.0. The molecule has 0 radical (unpaired) electrons. The van der Waals surface area contributed by atoms with Crippen molar-refractivity contribution in [3.05, 3.63) is 0 Å². The molecule has 1 saturated heterocycles. The van der Waals surface area contributed by atoms with Crippen LogP contribution in [-0.4, -0.2) is 50.1 Å². The van der Waals surface area contributed by atoms with Gasteiger partial charge in [0.15, 0.2) is 0 Å². The smallest absolute Gasteiger partial charge is 0.223 e. The van der Waals surface area contributed by atoms with Crippen LogP contribution >= 0.6 is 24.8 Å². The third kappa shape index (κ3) is 4.33. The molecule has 1 spiro atoms. The number of hydrogen-bond donors (Lipinski definition) is 2. The number of carbonyl (C=O) groups excluding carboxylic acids is 1. The van der Waals surface area contributed by atoms with Crippen molar-refractivity contribution in [1.82, 2.24) is 15.5 Å². The van der Waals surface area contributed by atoms with E-state index in [1.807, 2.05) is 0 Å². The van der Waals surface area contributed by atoms with Gasteiger partial charge in [-0.1, -0.05) is 19.3 Å². The summed E-state index contributed by atoms with van der Waals surface area (Å²) in [5.41, 5.74) is 0.553. The van der Waals surface area contributed by atoms with Crippen molar-refractivity contribution < 1.29 is 4.79 Å². The van der Waals surface area contributed by atoms with Gasteiger partial charge in [-0.15, -0.1) is 24.8 Å². The lowest BCUT2D eigenvalue weighted by molar-refractivity contribution is -0.124. The highest BCUT2D eigenvalue weighted by Gasteiger charge is 2.57. The SMILES string of the molecule is CN(C)C1(CNC(=O)C2CC23CCNCC3)CCCCC1.Cl.Cl. The van der Waals surface area contributed by atoms with Gasteiger partial charge in [0.1, 0.15) is 0 Å². The van der Waals surface area contributed by atoms with Crippen molar-refractivity contribution in [2.75, 3.05) is 33.7 Å². The maximum atomic E-state index is 12.5. The number of halogens is 2. The first-order valence-corrected chi connectivity index (χ1v) is 8.74. The molecule has 1 aliphatic heterocycles. The molecule has 2 aliphatic carbocycles. The van der Waals surface area contributed by atoms with Crippen LogP contribution in [0.5, 0.6) is 0 Å². The Kier molecular flexibility index (Phi) is 7.65. The Hall–Kier alpha value is -0.0300. The van der Waals surface area contributed by atoms with Crippen molar-refractivity contribution in [2.24, 2.45) is 11.3 Å². The van der Waals surface area contributed by atoms with E-state index >= 15 is 0 Å². The van der Waals surface area contributed by atoms with Crippen molar-refractivity contribution in [2.45, 2.75) is 56.9 Å². The Morgan fingerprint density at radius 1 is 1.09 bits per heavy atom. The highest BCUT2D eigenvalue weighted by atomic mass is 35.5. The molecule has 0 aromatic heterocycles. The fourth-order valence-corrected chi connectivity index (χ4v) is 4.56. The topological polar surface area (TPSA) is 44.4 Å². The Morgan fingerprint density at radius 2 is 1.70 bits per heavy atom. The zero-order chi connectivity index (χ0) is 14.9. The van der Waals surface area contributed by atoms with E-state index in [4.69, 9.17) is 0 Å². The lowest BCUT2D eigenvalue weighted by Gasteiger charge is -2.43. The summed E-state index contributed by atoms with van der Waals surface area (Å²) in [7, 11) is 4.34. The maximum Gasteiger partial charge on any atom is 0.223 e. The standard InChI is InChI=1S/C17H31N3O.2ClH/c1-20(2)17(6-4-3-5-7-17)13-19-15(21)14-12-16(14)8-10-18-11-9-16;;/h14,18H,3-13H2,1-2H3,(H,19,21);2*1H. The third-order valence-corrected chi connectivity index (χ3v) is 6.43. The summed E-state index contributed by atoms with van der Waals surface area (Å²) in [5.74, 6) is 0.617. The van der Waals surface area contributed by atoms with Gasteiger partial charge in [-0.2, -0.15) is 0 Å². The molecule has 0 aromatic carbocycles. The van der Waals surface area contributed by atoms with Gasteiger partial charge in [0.2, 0.25) is 5.91 Å². The Bertz CT molecular complexity index is 391. The normalized spacial score (nSPS) is 27.7. The maximum absolute atomic E-state index is 12.5. The molecular formula is C17H33Cl2N3O. The van der Waals surface area contributed by atoms with Crippen LogP contribution in [0, 0.1) is 11.3 Å². The lowest BCUT2D eigenvalue weighted by Crippen LogP contribution is -2.54. The van der Waals surface area contributed by atoms with Crippen molar-refractivity contribution in [3.8, 4) is 0 Å². The van der Waals surface area contributed by atoms with E-state index in [2.05, 4.69) is 29.6 Å². The second-order valence-electron chi connectivity index (χ2n) is 7.77. The van der Waals surface area contributed by atoms with E-state index < -0.39 is 0 Å². The molecule has 0 bridgehead atoms. The van der Waals surface area contributed by atoms with Crippen LogP contribution in [-0.2, 0) is 4.79 Å². The summed E-state index contributed by atoms with van der Waals surface area (Å²) in [6.45, 7) is 3.01. The van der Waals surface area contributed by atoms with Gasteiger partial charge in [-0.3, -0.25) is 4.79 Å². The Balaban J connectivity index is 0.00000132. The second kappa shape index (κ2) is 8.37. The van der Waals surface area contributed by atoms with E-state index in [1.165, 1.54) is 44.9 Å². The zero-order valence-corrected chi connectivity index (χ0v) is 16.2. The molecule has 0 aromatic rings. The summed E-state index contributed by atoms with van der Waals surface area (Å²) >= 11 is 0. The molecule has 136 valence electrons. The molecule has 4 nitrogen and oxygen atoms in total. The van der Waals surface area contributed by atoms with Gasteiger partial charge in [-0.25, -0.2) is 0 Å². The second-order valence-corrected chi connectivity index (χ2v) is 7.77. The number of nitrogens with zero attached hydrogens (tertiary/aromatic N) is 1. The molecule has 1 unspecified atom stereocenters. The van der Waals surface area contributed by atoms with Gasteiger partial charge < -0.3 is 15.5 Å². The van der Waals surface area contributed by atoms with Crippen LogP contribution in [0.2, 0.25) is 0 Å². The van der Waals surface area contributed by atoms with Crippen LogP contribution in [0.15, 0.2) is 0 Å². The van der Waals surface area contributed by atoms with Crippen molar-refractivity contribution in [3.63, 3.8) is 0 Å². The molecule has 2 saturated carbocycles. The summed E-state index contributed by atoms with van der Waals surface area (Å²) in [6.07, 6.45) is 9.88. The molecule has 6 heteroatoms. The molecule has 2 N–H and O–H groups in total. The Labute approximate surface area is 153 Å². The number of nitrogens with one attached hydrogen (secondary N) is 2. The fraction of sp³-hybridized carbons (Fsp3) is 0.941. The molecular weight excluding hydrogens is 333 g/mol. The van der Waals surface area contributed by atoms with Gasteiger partial charge in [0.05, 0.1) is 0 Å². The van der Waals surface area contributed by atoms with Gasteiger partial charge >= 0.3 is 0 Å². The van der Waals surface area contributed by atoms with Crippen molar-refractivity contribution in [1.29, 1.82) is 0 Å². The highest BCUT2D eigenvalue weighted by Crippen LogP contribution is 2.58. The van der Waals surface area contributed by atoms with Crippen LogP contribution in [0.1, 0.15) is 51.4 Å². The number of piperidine rings is 1. The number of amides is 1. The summed E-state index contributed by atoms with van der Waals surface area (Å²) in [4.78, 5) is 14.9. The number of likely N-dealkylation sites (N-methyl/N-ethyl adjacent to an activating group) is 1. The van der Waals surface area contributed by atoms with Gasteiger partial charge in [-0.05, 0) is 64.7 Å². The van der Waals surface area contributed by atoms with E-state index in [0.717, 1.165) is 26.1 Å². The number of carbonyl (C=O) groups is 1. The quantitative estimate of drug-likeness (QED) is 0.804. The molecule has 1 heterocycles. The average Bonchev–Trinajstić information content (AvgIpc) is 3.19. The van der Waals surface area contributed by atoms with Crippen LogP contribution in [0.4, 0.5) is 0 Å². The first-order chi connectivity index (χ1) is 10.1. The van der Waals surface area contributed by atoms with E-state index in [1.54, 1.807) is 0 Å². The summed E-state index contributed by atoms with van der Waals surface area (Å²) < 4.78 is 0. The van der Waals surface area contributed by atoms with Gasteiger partial charge in [0.25, 0.3) is 0 Å². The van der Waals surface area contributed by atoms with Crippen LogP contribution in [0.25, 0.3) is 0 Å². The predicted molar refractivity (Wildman–Crippen MR) is 99.7 cm³/mol.